The quantitative estimate of drug-likeness (QED) is 0.400. The Kier molecular flexibility index (Phi) is 4.84. The third kappa shape index (κ3) is 3.98. The van der Waals surface area contributed by atoms with Gasteiger partial charge in [0.1, 0.15) is 16.7 Å². The van der Waals surface area contributed by atoms with Crippen LogP contribution < -0.4 is 5.32 Å². The van der Waals surface area contributed by atoms with Crippen LogP contribution in [0.5, 0.6) is 0 Å². The fourth-order valence-electron chi connectivity index (χ4n) is 3.45. The lowest BCUT2D eigenvalue weighted by Crippen LogP contribution is -2.21. The number of aryl methyl sites for hydroxylation is 1. The molecule has 1 amide bonds. The summed E-state index contributed by atoms with van der Waals surface area (Å²) in [6, 6.07) is 20.5. The zero-order chi connectivity index (χ0) is 21.2. The van der Waals surface area contributed by atoms with Crippen LogP contribution in [0.2, 0.25) is 0 Å². The second kappa shape index (κ2) is 7.95. The van der Waals surface area contributed by atoms with E-state index in [4.69, 9.17) is 13.6 Å². The topological polar surface area (TPSA) is 94.6 Å². The third-order valence-corrected chi connectivity index (χ3v) is 4.91. The van der Waals surface area contributed by atoms with E-state index in [0.717, 1.165) is 27.5 Å². The molecule has 0 saturated carbocycles. The molecular formula is C24H18N2O5. The maximum Gasteiger partial charge on any atom is 0.306 e. The second-order valence-corrected chi connectivity index (χ2v) is 7.09. The number of carbonyl (C=O) groups is 2. The number of carbonyl (C=O) groups excluding carboxylic acids is 2. The number of aromatic nitrogens is 1. The number of benzene rings is 3. The van der Waals surface area contributed by atoms with Crippen LogP contribution in [0.4, 0.5) is 5.69 Å². The van der Waals surface area contributed by atoms with E-state index >= 15 is 0 Å². The molecule has 0 atom stereocenters. The summed E-state index contributed by atoms with van der Waals surface area (Å²) in [6.45, 7) is -0.365. The number of rotatable bonds is 6. The van der Waals surface area contributed by atoms with Gasteiger partial charge in [-0.15, -0.1) is 0 Å². The normalized spacial score (nSPS) is 11.2. The number of furan rings is 1. The van der Waals surface area contributed by atoms with Crippen LogP contribution in [0.15, 0.2) is 75.6 Å². The number of ether oxygens (including phenoxy) is 1. The van der Waals surface area contributed by atoms with Crippen molar-refractivity contribution in [3.05, 3.63) is 72.6 Å². The molecule has 0 bridgehead atoms. The van der Waals surface area contributed by atoms with Gasteiger partial charge >= 0.3 is 5.97 Å². The van der Waals surface area contributed by atoms with Gasteiger partial charge in [0.2, 0.25) is 0 Å². The van der Waals surface area contributed by atoms with E-state index in [1.54, 1.807) is 12.1 Å². The highest BCUT2D eigenvalue weighted by Crippen LogP contribution is 2.30. The average molecular weight is 414 g/mol. The molecule has 3 aromatic carbocycles. The van der Waals surface area contributed by atoms with Crippen molar-refractivity contribution >= 4 is 50.6 Å². The smallest absolute Gasteiger partial charge is 0.306 e. The van der Waals surface area contributed by atoms with Gasteiger partial charge in [0.25, 0.3) is 5.91 Å². The molecule has 0 aliphatic rings. The summed E-state index contributed by atoms with van der Waals surface area (Å²) >= 11 is 0. The molecule has 0 radical (unpaired) electrons. The number of esters is 1. The fourth-order valence-corrected chi connectivity index (χ4v) is 3.45. The first-order valence-corrected chi connectivity index (χ1v) is 9.87. The predicted octanol–water partition coefficient (Wildman–Crippen LogP) is 4.84. The van der Waals surface area contributed by atoms with Gasteiger partial charge in [0.15, 0.2) is 18.1 Å². The van der Waals surface area contributed by atoms with Crippen LogP contribution in [-0.2, 0) is 20.7 Å². The number of fused-ring (bicyclic) bond motifs is 4. The molecule has 31 heavy (non-hydrogen) atoms. The van der Waals surface area contributed by atoms with Gasteiger partial charge in [-0.3, -0.25) is 9.59 Å². The molecule has 0 spiro atoms. The van der Waals surface area contributed by atoms with Gasteiger partial charge in [0, 0.05) is 22.9 Å². The summed E-state index contributed by atoms with van der Waals surface area (Å²) in [5, 5.41) is 4.62. The highest BCUT2D eigenvalue weighted by Gasteiger charge is 2.12. The molecule has 1 N–H and O–H groups in total. The predicted molar refractivity (Wildman–Crippen MR) is 116 cm³/mol. The van der Waals surface area contributed by atoms with Crippen LogP contribution in [0.1, 0.15) is 12.3 Å². The van der Waals surface area contributed by atoms with Crippen molar-refractivity contribution in [2.45, 2.75) is 12.8 Å². The van der Waals surface area contributed by atoms with E-state index < -0.39 is 11.9 Å². The van der Waals surface area contributed by atoms with Gasteiger partial charge in [-0.2, -0.15) is 0 Å². The van der Waals surface area contributed by atoms with Crippen LogP contribution in [0.3, 0.4) is 0 Å². The number of nitrogens with zero attached hydrogens (tertiary/aromatic N) is 1. The minimum absolute atomic E-state index is 0.0765. The molecule has 5 aromatic rings. The molecule has 2 aromatic heterocycles. The Labute approximate surface area is 176 Å². The fraction of sp³-hybridized carbons (Fsp3) is 0.125. The van der Waals surface area contributed by atoms with Crippen LogP contribution in [0.25, 0.3) is 33.0 Å². The summed E-state index contributed by atoms with van der Waals surface area (Å²) in [4.78, 5) is 28.5. The Morgan fingerprint density at radius 2 is 1.65 bits per heavy atom. The third-order valence-electron chi connectivity index (χ3n) is 4.91. The van der Waals surface area contributed by atoms with Crippen molar-refractivity contribution in [3.8, 4) is 0 Å². The Morgan fingerprint density at radius 1 is 0.871 bits per heavy atom. The number of anilines is 1. The van der Waals surface area contributed by atoms with Crippen molar-refractivity contribution in [2.75, 3.05) is 11.9 Å². The molecule has 0 aliphatic heterocycles. The SMILES string of the molecule is O=C(COC(=O)CCc1nc2ccccc2o1)Nc1ccc2oc3ccccc3c2c1. The zero-order valence-electron chi connectivity index (χ0n) is 16.5. The minimum Gasteiger partial charge on any atom is -0.456 e. The molecule has 0 aliphatic carbocycles. The number of nitrogens with one attached hydrogen (secondary N) is 1. The molecule has 7 nitrogen and oxygen atoms in total. The maximum absolute atomic E-state index is 12.2. The van der Waals surface area contributed by atoms with Crippen molar-refractivity contribution in [1.29, 1.82) is 0 Å². The molecule has 2 heterocycles. The molecule has 0 unspecified atom stereocenters. The Hall–Kier alpha value is -4.13. The van der Waals surface area contributed by atoms with E-state index in [1.165, 1.54) is 0 Å². The first-order valence-electron chi connectivity index (χ1n) is 9.87. The summed E-state index contributed by atoms with van der Waals surface area (Å²) in [7, 11) is 0. The van der Waals surface area contributed by atoms with Crippen molar-refractivity contribution in [1.82, 2.24) is 4.98 Å². The van der Waals surface area contributed by atoms with Crippen LogP contribution in [-0.4, -0.2) is 23.5 Å². The summed E-state index contributed by atoms with van der Waals surface area (Å²) < 4.78 is 16.4. The lowest BCUT2D eigenvalue weighted by atomic mass is 10.1. The largest absolute Gasteiger partial charge is 0.456 e. The lowest BCUT2D eigenvalue weighted by Gasteiger charge is -2.06. The highest BCUT2D eigenvalue weighted by atomic mass is 16.5. The van der Waals surface area contributed by atoms with Gasteiger partial charge in [0.05, 0.1) is 6.42 Å². The van der Waals surface area contributed by atoms with Gasteiger partial charge in [-0.1, -0.05) is 30.3 Å². The number of oxazole rings is 1. The average Bonchev–Trinajstić information content (AvgIpc) is 3.37. The van der Waals surface area contributed by atoms with Crippen molar-refractivity contribution in [3.63, 3.8) is 0 Å². The van der Waals surface area contributed by atoms with E-state index in [0.29, 0.717) is 23.6 Å². The van der Waals surface area contributed by atoms with E-state index in [9.17, 15) is 9.59 Å². The van der Waals surface area contributed by atoms with Crippen molar-refractivity contribution < 1.29 is 23.2 Å². The second-order valence-electron chi connectivity index (χ2n) is 7.09. The van der Waals surface area contributed by atoms with Crippen LogP contribution >= 0.6 is 0 Å². The number of para-hydroxylation sites is 3. The monoisotopic (exact) mass is 414 g/mol. The first kappa shape index (κ1) is 18.9. The number of hydrogen-bond donors (Lipinski definition) is 1. The maximum atomic E-state index is 12.2. The van der Waals surface area contributed by atoms with Crippen molar-refractivity contribution in [2.24, 2.45) is 0 Å². The standard InChI is InChI=1S/C24H18N2O5/c27-22(14-29-24(28)12-11-23-26-18-6-2-4-8-21(18)31-23)25-15-9-10-20-17(13-15)16-5-1-3-7-19(16)30-20/h1-10,13H,11-12,14H2,(H,25,27). The summed E-state index contributed by atoms with van der Waals surface area (Å²) in [5.41, 5.74) is 3.55. The minimum atomic E-state index is -0.492. The Morgan fingerprint density at radius 3 is 2.52 bits per heavy atom. The summed E-state index contributed by atoms with van der Waals surface area (Å²) in [6.07, 6.45) is 0.381. The molecule has 7 heteroatoms. The Bertz CT molecular complexity index is 1380. The number of hydrogen-bond acceptors (Lipinski definition) is 6. The molecule has 5 rings (SSSR count). The molecule has 0 saturated heterocycles. The van der Waals surface area contributed by atoms with Gasteiger partial charge in [-0.05, 0) is 36.4 Å². The van der Waals surface area contributed by atoms with Gasteiger partial charge < -0.3 is 18.9 Å². The zero-order valence-corrected chi connectivity index (χ0v) is 16.5. The number of amides is 1. The highest BCUT2D eigenvalue weighted by molar-refractivity contribution is 6.07. The Balaban J connectivity index is 1.16. The van der Waals surface area contributed by atoms with E-state index in [2.05, 4.69) is 10.3 Å². The first-order chi connectivity index (χ1) is 15.2. The lowest BCUT2D eigenvalue weighted by molar-refractivity contribution is -0.147. The molecule has 0 fully saturated rings. The van der Waals surface area contributed by atoms with E-state index in [1.807, 2.05) is 54.6 Å². The van der Waals surface area contributed by atoms with Crippen LogP contribution in [0, 0.1) is 0 Å². The van der Waals surface area contributed by atoms with E-state index in [-0.39, 0.29) is 13.0 Å². The summed E-state index contributed by atoms with van der Waals surface area (Å²) in [5.74, 6) is -0.445. The molecule has 154 valence electrons. The molecular weight excluding hydrogens is 396 g/mol. The van der Waals surface area contributed by atoms with Gasteiger partial charge in [-0.25, -0.2) is 4.98 Å².